The molecule has 2 aromatic carbocycles. The first kappa shape index (κ1) is 15.3. The van der Waals surface area contributed by atoms with Crippen LogP contribution in [0.2, 0.25) is 0 Å². The van der Waals surface area contributed by atoms with Gasteiger partial charge in [0.25, 0.3) is 5.91 Å². The molecule has 4 nitrogen and oxygen atoms in total. The van der Waals surface area contributed by atoms with Crippen LogP contribution in [0, 0.1) is 5.92 Å². The van der Waals surface area contributed by atoms with E-state index >= 15 is 0 Å². The second kappa shape index (κ2) is 6.65. The van der Waals surface area contributed by atoms with Crippen LogP contribution < -0.4 is 10.2 Å². The molecule has 1 fully saturated rings. The van der Waals surface area contributed by atoms with Crippen LogP contribution in [0.4, 0.5) is 11.4 Å². The van der Waals surface area contributed by atoms with Gasteiger partial charge in [-0.05, 0) is 44.0 Å². The molecule has 4 heteroatoms. The molecule has 0 bridgehead atoms. The molecule has 1 aliphatic rings. The molecule has 2 amide bonds. The predicted molar refractivity (Wildman–Crippen MR) is 91.6 cm³/mol. The molecule has 0 unspecified atom stereocenters. The van der Waals surface area contributed by atoms with Crippen molar-refractivity contribution in [2.24, 2.45) is 5.92 Å². The van der Waals surface area contributed by atoms with Crippen molar-refractivity contribution in [1.82, 2.24) is 0 Å². The fourth-order valence-electron chi connectivity index (χ4n) is 2.56. The number of benzene rings is 2. The van der Waals surface area contributed by atoms with Crippen LogP contribution in [0.1, 0.15) is 30.1 Å². The van der Waals surface area contributed by atoms with Crippen molar-refractivity contribution in [3.63, 3.8) is 0 Å². The van der Waals surface area contributed by atoms with E-state index in [1.807, 2.05) is 49.4 Å². The van der Waals surface area contributed by atoms with Crippen molar-refractivity contribution in [3.05, 3.63) is 60.2 Å². The van der Waals surface area contributed by atoms with E-state index in [0.29, 0.717) is 17.8 Å². The van der Waals surface area contributed by atoms with E-state index in [9.17, 15) is 9.59 Å². The summed E-state index contributed by atoms with van der Waals surface area (Å²) in [5, 5.41) is 2.90. The molecule has 3 rings (SSSR count). The van der Waals surface area contributed by atoms with Gasteiger partial charge in [-0.15, -0.1) is 0 Å². The topological polar surface area (TPSA) is 49.4 Å². The van der Waals surface area contributed by atoms with E-state index in [2.05, 4.69) is 5.32 Å². The van der Waals surface area contributed by atoms with Crippen molar-refractivity contribution in [1.29, 1.82) is 0 Å². The normalized spacial score (nSPS) is 13.4. The molecule has 0 spiro atoms. The lowest BCUT2D eigenvalue weighted by molar-refractivity contribution is -0.117. The van der Waals surface area contributed by atoms with E-state index in [1.165, 1.54) is 0 Å². The third-order valence-corrected chi connectivity index (χ3v) is 3.99. The third kappa shape index (κ3) is 3.42. The van der Waals surface area contributed by atoms with E-state index in [-0.39, 0.29) is 17.7 Å². The minimum absolute atomic E-state index is 0.00742. The van der Waals surface area contributed by atoms with Gasteiger partial charge >= 0.3 is 0 Å². The molecule has 118 valence electrons. The highest BCUT2D eigenvalue weighted by atomic mass is 16.2. The zero-order chi connectivity index (χ0) is 16.2. The fraction of sp³-hybridized carbons (Fsp3) is 0.263. The van der Waals surface area contributed by atoms with Gasteiger partial charge < -0.3 is 10.2 Å². The number of amides is 2. The fourth-order valence-corrected chi connectivity index (χ4v) is 2.56. The lowest BCUT2D eigenvalue weighted by Crippen LogP contribution is -2.31. The van der Waals surface area contributed by atoms with Gasteiger partial charge in [-0.25, -0.2) is 0 Å². The Labute approximate surface area is 136 Å². The minimum Gasteiger partial charge on any atom is -0.325 e. The van der Waals surface area contributed by atoms with Gasteiger partial charge in [0.2, 0.25) is 5.91 Å². The number of nitrogens with one attached hydrogen (secondary N) is 1. The van der Waals surface area contributed by atoms with Crippen LogP contribution in [-0.4, -0.2) is 18.4 Å². The van der Waals surface area contributed by atoms with Gasteiger partial charge in [0, 0.05) is 18.2 Å². The van der Waals surface area contributed by atoms with Crippen molar-refractivity contribution in [3.8, 4) is 0 Å². The highest BCUT2D eigenvalue weighted by Crippen LogP contribution is 2.31. The Bertz CT molecular complexity index is 708. The number of hydrogen-bond acceptors (Lipinski definition) is 2. The van der Waals surface area contributed by atoms with Crippen LogP contribution in [0.5, 0.6) is 0 Å². The quantitative estimate of drug-likeness (QED) is 0.915. The standard InChI is InChI=1S/C19H20N2O2/c1-2-21(15-8-4-3-5-9-15)19(23)16-10-6-7-11-17(16)20-18(22)14-12-13-14/h3-11,14H,2,12-13H2,1H3,(H,20,22). The highest BCUT2D eigenvalue weighted by molar-refractivity contribution is 6.11. The summed E-state index contributed by atoms with van der Waals surface area (Å²) in [4.78, 5) is 26.7. The molecule has 1 saturated carbocycles. The largest absolute Gasteiger partial charge is 0.325 e. The van der Waals surface area contributed by atoms with Crippen LogP contribution in [0.25, 0.3) is 0 Å². The lowest BCUT2D eigenvalue weighted by Gasteiger charge is -2.22. The molecule has 0 radical (unpaired) electrons. The van der Waals surface area contributed by atoms with Crippen molar-refractivity contribution in [2.45, 2.75) is 19.8 Å². The molecule has 0 atom stereocenters. The monoisotopic (exact) mass is 308 g/mol. The first-order chi connectivity index (χ1) is 11.2. The number of carbonyl (C=O) groups excluding carboxylic acids is 2. The van der Waals surface area contributed by atoms with Crippen LogP contribution >= 0.6 is 0 Å². The van der Waals surface area contributed by atoms with Crippen LogP contribution in [-0.2, 0) is 4.79 Å². The predicted octanol–water partition coefficient (Wildman–Crippen LogP) is 3.70. The van der Waals surface area contributed by atoms with Crippen LogP contribution in [0.3, 0.4) is 0 Å². The first-order valence-electron chi connectivity index (χ1n) is 7.97. The molecule has 0 heterocycles. The van der Waals surface area contributed by atoms with E-state index in [4.69, 9.17) is 0 Å². The smallest absolute Gasteiger partial charge is 0.260 e. The van der Waals surface area contributed by atoms with E-state index < -0.39 is 0 Å². The van der Waals surface area contributed by atoms with Gasteiger partial charge in [0.15, 0.2) is 0 Å². The number of carbonyl (C=O) groups is 2. The SMILES string of the molecule is CCN(C(=O)c1ccccc1NC(=O)C1CC1)c1ccccc1. The Morgan fingerprint density at radius 1 is 1.04 bits per heavy atom. The number of para-hydroxylation sites is 2. The maximum absolute atomic E-state index is 12.9. The van der Waals surface area contributed by atoms with Gasteiger partial charge in [-0.1, -0.05) is 30.3 Å². The maximum Gasteiger partial charge on any atom is 0.260 e. The van der Waals surface area contributed by atoms with Gasteiger partial charge in [-0.2, -0.15) is 0 Å². The molecule has 0 saturated heterocycles. The average Bonchev–Trinajstić information content (AvgIpc) is 3.42. The Morgan fingerprint density at radius 2 is 1.70 bits per heavy atom. The van der Waals surface area contributed by atoms with Crippen molar-refractivity contribution in [2.75, 3.05) is 16.8 Å². The minimum atomic E-state index is -0.106. The molecule has 1 N–H and O–H groups in total. The van der Waals surface area contributed by atoms with Gasteiger partial charge in [0.1, 0.15) is 0 Å². The Kier molecular flexibility index (Phi) is 4.42. The van der Waals surface area contributed by atoms with Gasteiger partial charge in [0.05, 0.1) is 11.3 Å². The lowest BCUT2D eigenvalue weighted by atomic mass is 10.1. The maximum atomic E-state index is 12.9. The molecule has 1 aliphatic carbocycles. The summed E-state index contributed by atoms with van der Waals surface area (Å²) in [7, 11) is 0. The summed E-state index contributed by atoms with van der Waals surface area (Å²) in [6.45, 7) is 2.50. The first-order valence-corrected chi connectivity index (χ1v) is 7.97. The summed E-state index contributed by atoms with van der Waals surface area (Å²) < 4.78 is 0. The van der Waals surface area contributed by atoms with Gasteiger partial charge in [-0.3, -0.25) is 9.59 Å². The Hall–Kier alpha value is -2.62. The average molecular weight is 308 g/mol. The molecule has 2 aromatic rings. The second-order valence-corrected chi connectivity index (χ2v) is 5.69. The highest BCUT2D eigenvalue weighted by Gasteiger charge is 2.30. The summed E-state index contributed by atoms with van der Waals surface area (Å²) in [5.41, 5.74) is 1.96. The summed E-state index contributed by atoms with van der Waals surface area (Å²) in [6.07, 6.45) is 1.88. The summed E-state index contributed by atoms with van der Waals surface area (Å²) in [6, 6.07) is 16.8. The molecule has 23 heavy (non-hydrogen) atoms. The molecular formula is C19H20N2O2. The Morgan fingerprint density at radius 3 is 2.35 bits per heavy atom. The summed E-state index contributed by atoms with van der Waals surface area (Å²) >= 11 is 0. The van der Waals surface area contributed by atoms with E-state index in [1.54, 1.807) is 17.0 Å². The number of anilines is 2. The zero-order valence-electron chi connectivity index (χ0n) is 13.2. The number of hydrogen-bond donors (Lipinski definition) is 1. The molecular weight excluding hydrogens is 288 g/mol. The van der Waals surface area contributed by atoms with Crippen LogP contribution in [0.15, 0.2) is 54.6 Å². The Balaban J connectivity index is 1.87. The van der Waals surface area contributed by atoms with Crippen molar-refractivity contribution >= 4 is 23.2 Å². The molecule has 0 aliphatic heterocycles. The number of rotatable bonds is 5. The summed E-state index contributed by atoms with van der Waals surface area (Å²) in [5.74, 6) is 0.00738. The third-order valence-electron chi connectivity index (χ3n) is 3.99. The second-order valence-electron chi connectivity index (χ2n) is 5.69. The van der Waals surface area contributed by atoms with Crippen molar-refractivity contribution < 1.29 is 9.59 Å². The molecule has 0 aromatic heterocycles. The number of nitrogens with zero attached hydrogens (tertiary/aromatic N) is 1. The zero-order valence-corrected chi connectivity index (χ0v) is 13.2. The van der Waals surface area contributed by atoms with E-state index in [0.717, 1.165) is 18.5 Å².